The van der Waals surface area contributed by atoms with Gasteiger partial charge in [0.05, 0.1) is 35.7 Å². The molecule has 172 valence electrons. The van der Waals surface area contributed by atoms with E-state index in [0.29, 0.717) is 24.8 Å². The van der Waals surface area contributed by atoms with Gasteiger partial charge < -0.3 is 15.2 Å². The van der Waals surface area contributed by atoms with E-state index in [0.717, 1.165) is 44.7 Å². The van der Waals surface area contributed by atoms with Crippen molar-refractivity contribution in [1.82, 2.24) is 15.2 Å². The topological polar surface area (TPSA) is 97.2 Å². The Bertz CT molecular complexity index is 1380. The molecule has 1 unspecified atom stereocenters. The summed E-state index contributed by atoms with van der Waals surface area (Å²) in [5.41, 5.74) is 7.40. The number of ether oxygens (including phenoxy) is 1. The number of pyridine rings is 1. The Kier molecular flexibility index (Phi) is 5.71. The zero-order valence-corrected chi connectivity index (χ0v) is 19.4. The summed E-state index contributed by atoms with van der Waals surface area (Å²) in [6.45, 7) is 7.45. The number of benzene rings is 2. The lowest BCUT2D eigenvalue weighted by Gasteiger charge is -2.24. The molecule has 34 heavy (non-hydrogen) atoms. The number of carboxylic acids is 1. The summed E-state index contributed by atoms with van der Waals surface area (Å²) in [6, 6.07) is 17.1. The first kappa shape index (κ1) is 22.0. The quantitative estimate of drug-likeness (QED) is 0.408. The van der Waals surface area contributed by atoms with E-state index in [1.807, 2.05) is 39.0 Å². The zero-order chi connectivity index (χ0) is 23.8. The SMILES string of the molecule is Cc1cc(C(C)Nc2ccccc2C(=O)O)c2cc(-c3ccc(C4COC4)nn3)c(C)nc2c1. The number of hydrogen-bond donors (Lipinski definition) is 2. The molecule has 0 bridgehead atoms. The molecule has 2 N–H and O–H groups in total. The minimum Gasteiger partial charge on any atom is -0.478 e. The number of fused-ring (bicyclic) bond motifs is 1. The van der Waals surface area contributed by atoms with Crippen LogP contribution >= 0.6 is 0 Å². The van der Waals surface area contributed by atoms with E-state index >= 15 is 0 Å². The van der Waals surface area contributed by atoms with Crippen molar-refractivity contribution in [2.24, 2.45) is 0 Å². The number of para-hydroxylation sites is 1. The number of rotatable bonds is 6. The van der Waals surface area contributed by atoms with Crippen molar-refractivity contribution in [2.75, 3.05) is 18.5 Å². The van der Waals surface area contributed by atoms with Crippen LogP contribution in [0.5, 0.6) is 0 Å². The summed E-state index contributed by atoms with van der Waals surface area (Å²) in [7, 11) is 0. The second-order valence-corrected chi connectivity index (χ2v) is 8.84. The van der Waals surface area contributed by atoms with Gasteiger partial charge in [-0.15, -0.1) is 0 Å². The van der Waals surface area contributed by atoms with Crippen molar-refractivity contribution in [2.45, 2.75) is 32.7 Å². The maximum Gasteiger partial charge on any atom is 0.337 e. The van der Waals surface area contributed by atoms with Crippen LogP contribution in [0.15, 0.2) is 54.6 Å². The highest BCUT2D eigenvalue weighted by molar-refractivity contribution is 5.94. The van der Waals surface area contributed by atoms with E-state index < -0.39 is 5.97 Å². The molecule has 0 aliphatic carbocycles. The summed E-state index contributed by atoms with van der Waals surface area (Å²) < 4.78 is 5.26. The molecule has 1 fully saturated rings. The molecule has 1 aliphatic rings. The molecular weight excluding hydrogens is 428 g/mol. The molecule has 7 nitrogen and oxygen atoms in total. The lowest BCUT2D eigenvalue weighted by Crippen LogP contribution is -2.26. The Morgan fingerprint density at radius 3 is 2.56 bits per heavy atom. The van der Waals surface area contributed by atoms with Gasteiger partial charge >= 0.3 is 5.97 Å². The molecule has 1 aliphatic heterocycles. The fraction of sp³-hybridized carbons (Fsp3) is 0.259. The van der Waals surface area contributed by atoms with Crippen LogP contribution in [0.25, 0.3) is 22.2 Å². The fourth-order valence-corrected chi connectivity index (χ4v) is 4.38. The van der Waals surface area contributed by atoms with E-state index in [1.54, 1.807) is 18.2 Å². The number of hydrogen-bond acceptors (Lipinski definition) is 6. The summed E-state index contributed by atoms with van der Waals surface area (Å²) >= 11 is 0. The minimum atomic E-state index is -0.959. The van der Waals surface area contributed by atoms with Crippen molar-refractivity contribution < 1.29 is 14.6 Å². The Labute approximate surface area is 197 Å². The Hall–Kier alpha value is -3.84. The third kappa shape index (κ3) is 4.10. The number of carbonyl (C=O) groups is 1. The predicted octanol–water partition coefficient (Wildman–Crippen LogP) is 5.29. The number of aromatic carboxylic acids is 1. The van der Waals surface area contributed by atoms with E-state index in [4.69, 9.17) is 9.72 Å². The molecule has 1 saturated heterocycles. The monoisotopic (exact) mass is 454 g/mol. The zero-order valence-electron chi connectivity index (χ0n) is 19.4. The van der Waals surface area contributed by atoms with Gasteiger partial charge in [-0.25, -0.2) is 4.79 Å². The highest BCUT2D eigenvalue weighted by Gasteiger charge is 2.23. The summed E-state index contributed by atoms with van der Waals surface area (Å²) in [5.74, 6) is -0.632. The van der Waals surface area contributed by atoms with E-state index in [1.165, 1.54) is 0 Å². The lowest BCUT2D eigenvalue weighted by molar-refractivity contribution is 0.00637. The highest BCUT2D eigenvalue weighted by Crippen LogP contribution is 2.33. The molecule has 2 aromatic heterocycles. The third-order valence-corrected chi connectivity index (χ3v) is 6.31. The number of aryl methyl sites for hydroxylation is 2. The first-order valence-electron chi connectivity index (χ1n) is 11.3. The molecule has 0 radical (unpaired) electrons. The molecule has 1 atom stereocenters. The van der Waals surface area contributed by atoms with Gasteiger partial charge in [0.2, 0.25) is 0 Å². The molecule has 0 amide bonds. The Balaban J connectivity index is 1.55. The Morgan fingerprint density at radius 1 is 1.09 bits per heavy atom. The molecule has 5 rings (SSSR count). The van der Waals surface area contributed by atoms with Gasteiger partial charge in [-0.3, -0.25) is 4.98 Å². The second-order valence-electron chi connectivity index (χ2n) is 8.84. The van der Waals surface area contributed by atoms with Crippen molar-refractivity contribution in [3.05, 3.63) is 82.7 Å². The molecule has 7 heteroatoms. The van der Waals surface area contributed by atoms with Gasteiger partial charge in [0.15, 0.2) is 0 Å². The number of nitrogens with one attached hydrogen (secondary N) is 1. The van der Waals surface area contributed by atoms with Gasteiger partial charge in [0.25, 0.3) is 0 Å². The molecule has 2 aromatic carbocycles. The fourth-order valence-electron chi connectivity index (χ4n) is 4.38. The predicted molar refractivity (Wildman–Crippen MR) is 131 cm³/mol. The molecule has 0 saturated carbocycles. The van der Waals surface area contributed by atoms with Crippen molar-refractivity contribution in [3.63, 3.8) is 0 Å². The second kappa shape index (κ2) is 8.83. The molecular formula is C27H26N4O3. The van der Waals surface area contributed by atoms with Gasteiger partial charge in [-0.2, -0.15) is 10.2 Å². The van der Waals surface area contributed by atoms with Gasteiger partial charge in [0, 0.05) is 34.3 Å². The molecule has 4 aromatic rings. The van der Waals surface area contributed by atoms with Gasteiger partial charge in [0.1, 0.15) is 0 Å². The first-order valence-corrected chi connectivity index (χ1v) is 11.3. The van der Waals surface area contributed by atoms with Crippen LogP contribution in [0.1, 0.15) is 51.8 Å². The summed E-state index contributed by atoms with van der Waals surface area (Å²) in [6.07, 6.45) is 0. The van der Waals surface area contributed by atoms with Crippen LogP contribution < -0.4 is 5.32 Å². The number of anilines is 1. The van der Waals surface area contributed by atoms with E-state index in [2.05, 4.69) is 33.7 Å². The molecule has 0 spiro atoms. The Morgan fingerprint density at radius 2 is 1.88 bits per heavy atom. The largest absolute Gasteiger partial charge is 0.478 e. The van der Waals surface area contributed by atoms with E-state index in [-0.39, 0.29) is 11.6 Å². The number of carboxylic acid groups (broad SMARTS) is 1. The van der Waals surface area contributed by atoms with E-state index in [9.17, 15) is 9.90 Å². The number of nitrogens with zero attached hydrogens (tertiary/aromatic N) is 3. The van der Waals surface area contributed by atoms with Crippen LogP contribution in [0.2, 0.25) is 0 Å². The first-order chi connectivity index (χ1) is 16.4. The van der Waals surface area contributed by atoms with Crippen molar-refractivity contribution in [1.29, 1.82) is 0 Å². The van der Waals surface area contributed by atoms with Crippen molar-refractivity contribution >= 4 is 22.6 Å². The highest BCUT2D eigenvalue weighted by atomic mass is 16.5. The third-order valence-electron chi connectivity index (χ3n) is 6.31. The smallest absolute Gasteiger partial charge is 0.337 e. The standard InChI is InChI=1S/C27H26N4O3/c1-15-10-20(16(2)28-24-7-5-4-6-19(24)27(32)33)22-12-21(17(3)29-26(22)11-15)25-9-8-23(30-31-25)18-13-34-14-18/h4-12,16,18,28H,13-14H2,1-3H3,(H,32,33). The average molecular weight is 455 g/mol. The number of aromatic nitrogens is 3. The van der Waals surface area contributed by atoms with Crippen LogP contribution in [0.4, 0.5) is 5.69 Å². The minimum absolute atomic E-state index is 0.146. The van der Waals surface area contributed by atoms with Crippen molar-refractivity contribution in [3.8, 4) is 11.3 Å². The van der Waals surface area contributed by atoms with Gasteiger partial charge in [-0.1, -0.05) is 18.2 Å². The maximum absolute atomic E-state index is 11.7. The maximum atomic E-state index is 11.7. The summed E-state index contributed by atoms with van der Waals surface area (Å²) in [5, 5.41) is 22.9. The van der Waals surface area contributed by atoms with Crippen LogP contribution in [-0.4, -0.2) is 39.5 Å². The summed E-state index contributed by atoms with van der Waals surface area (Å²) in [4.78, 5) is 16.5. The van der Waals surface area contributed by atoms with Crippen LogP contribution in [0, 0.1) is 13.8 Å². The molecule has 3 heterocycles. The lowest BCUT2D eigenvalue weighted by atomic mass is 9.96. The normalized spacial score (nSPS) is 14.6. The van der Waals surface area contributed by atoms with Crippen LogP contribution in [-0.2, 0) is 4.74 Å². The van der Waals surface area contributed by atoms with Gasteiger partial charge in [-0.05, 0) is 68.3 Å². The van der Waals surface area contributed by atoms with Crippen LogP contribution in [0.3, 0.4) is 0 Å². The average Bonchev–Trinajstić information content (AvgIpc) is 2.78.